The molecule has 4 heteroatoms. The average Bonchev–Trinajstić information content (AvgIpc) is 3.12. The third-order valence-corrected chi connectivity index (χ3v) is 4.97. The Balaban J connectivity index is 1.94. The first-order chi connectivity index (χ1) is 9.39. The predicted octanol–water partition coefficient (Wildman–Crippen LogP) is 2.05. The monoisotopic (exact) mass is 281 g/mol. The number of amides is 1. The maximum atomic E-state index is 12.6. The molecule has 1 saturated carbocycles. The molecule has 0 aromatic carbocycles. The van der Waals surface area contributed by atoms with Gasteiger partial charge in [0.25, 0.3) is 0 Å². The predicted molar refractivity (Wildman–Crippen MR) is 82.4 cm³/mol. The Hall–Kier alpha value is -0.610. The zero-order valence-electron chi connectivity index (χ0n) is 13.8. The second-order valence-corrected chi connectivity index (χ2v) is 7.11. The van der Waals surface area contributed by atoms with Crippen LogP contribution in [0.15, 0.2) is 0 Å². The van der Waals surface area contributed by atoms with Gasteiger partial charge in [-0.2, -0.15) is 0 Å². The molecule has 1 spiro atoms. The molecule has 4 nitrogen and oxygen atoms in total. The highest BCUT2D eigenvalue weighted by atomic mass is 16.2. The molecule has 2 unspecified atom stereocenters. The lowest BCUT2D eigenvalue weighted by Gasteiger charge is -2.30. The molecule has 1 aliphatic heterocycles. The van der Waals surface area contributed by atoms with Gasteiger partial charge in [-0.25, -0.2) is 0 Å². The third kappa shape index (κ3) is 3.17. The van der Waals surface area contributed by atoms with Crippen LogP contribution < -0.4 is 5.32 Å². The second-order valence-electron chi connectivity index (χ2n) is 7.11. The van der Waals surface area contributed by atoms with Gasteiger partial charge in [-0.1, -0.05) is 20.8 Å². The molecular formula is C16H31N3O. The van der Waals surface area contributed by atoms with E-state index in [0.29, 0.717) is 17.9 Å². The molecular weight excluding hydrogens is 250 g/mol. The second kappa shape index (κ2) is 6.02. The molecule has 2 fully saturated rings. The summed E-state index contributed by atoms with van der Waals surface area (Å²) in [5, 5.41) is 3.60. The van der Waals surface area contributed by atoms with Crippen molar-refractivity contribution in [3.8, 4) is 0 Å². The van der Waals surface area contributed by atoms with E-state index in [-0.39, 0.29) is 11.7 Å². The molecule has 0 radical (unpaired) electrons. The van der Waals surface area contributed by atoms with Crippen molar-refractivity contribution in [2.24, 2.45) is 5.92 Å². The first-order valence-corrected chi connectivity index (χ1v) is 8.18. The van der Waals surface area contributed by atoms with Gasteiger partial charge in [0.1, 0.15) is 0 Å². The van der Waals surface area contributed by atoms with Crippen molar-refractivity contribution >= 4 is 5.91 Å². The molecule has 1 amide bonds. The van der Waals surface area contributed by atoms with Crippen LogP contribution in [0, 0.1) is 5.92 Å². The molecule has 0 bridgehead atoms. The van der Waals surface area contributed by atoms with E-state index in [1.54, 1.807) is 0 Å². The minimum atomic E-state index is -0.172. The standard InChI is InChI=1S/C16H31N3O/c1-6-13(4)18(5)9-10-19-14(11-12(2)3)17-16(7-8-16)15(19)20/h12-14,17H,6-11H2,1-5H3. The van der Waals surface area contributed by atoms with E-state index in [1.807, 2.05) is 0 Å². The van der Waals surface area contributed by atoms with Crippen molar-refractivity contribution in [1.29, 1.82) is 0 Å². The molecule has 1 N–H and O–H groups in total. The number of hydrogen-bond donors (Lipinski definition) is 1. The van der Waals surface area contributed by atoms with Gasteiger partial charge in [-0.15, -0.1) is 0 Å². The van der Waals surface area contributed by atoms with E-state index in [0.717, 1.165) is 38.8 Å². The quantitative estimate of drug-likeness (QED) is 0.776. The lowest BCUT2D eigenvalue weighted by molar-refractivity contribution is -0.131. The minimum Gasteiger partial charge on any atom is -0.324 e. The van der Waals surface area contributed by atoms with Crippen LogP contribution >= 0.6 is 0 Å². The van der Waals surface area contributed by atoms with Gasteiger partial charge in [0.2, 0.25) is 5.91 Å². The molecule has 1 aliphatic carbocycles. The zero-order valence-corrected chi connectivity index (χ0v) is 13.8. The van der Waals surface area contributed by atoms with Crippen LogP contribution in [0.4, 0.5) is 0 Å². The first-order valence-electron chi connectivity index (χ1n) is 8.18. The highest BCUT2D eigenvalue weighted by Gasteiger charge is 2.58. The van der Waals surface area contributed by atoms with Gasteiger partial charge < -0.3 is 9.80 Å². The summed E-state index contributed by atoms with van der Waals surface area (Å²) in [4.78, 5) is 17.0. The number of nitrogens with one attached hydrogen (secondary N) is 1. The number of rotatable bonds is 7. The maximum Gasteiger partial charge on any atom is 0.244 e. The summed E-state index contributed by atoms with van der Waals surface area (Å²) in [6.07, 6.45) is 4.51. The maximum absolute atomic E-state index is 12.6. The van der Waals surface area contributed by atoms with E-state index >= 15 is 0 Å². The number of carbonyl (C=O) groups is 1. The van der Waals surface area contributed by atoms with Crippen LogP contribution in [-0.4, -0.2) is 53.6 Å². The molecule has 0 aromatic rings. The molecule has 2 rings (SSSR count). The fraction of sp³-hybridized carbons (Fsp3) is 0.938. The van der Waals surface area contributed by atoms with Crippen molar-refractivity contribution in [3.05, 3.63) is 0 Å². The minimum absolute atomic E-state index is 0.172. The van der Waals surface area contributed by atoms with Gasteiger partial charge >= 0.3 is 0 Å². The van der Waals surface area contributed by atoms with E-state index < -0.39 is 0 Å². The molecule has 116 valence electrons. The Labute approximate surface area is 123 Å². The Morgan fingerprint density at radius 1 is 1.40 bits per heavy atom. The van der Waals surface area contributed by atoms with E-state index in [1.165, 1.54) is 0 Å². The number of likely N-dealkylation sites (N-methyl/N-ethyl adjacent to an activating group) is 1. The van der Waals surface area contributed by atoms with Crippen molar-refractivity contribution < 1.29 is 4.79 Å². The Morgan fingerprint density at radius 2 is 2.05 bits per heavy atom. The molecule has 2 aliphatic rings. The van der Waals surface area contributed by atoms with E-state index in [4.69, 9.17) is 0 Å². The van der Waals surface area contributed by atoms with Crippen LogP contribution in [0.2, 0.25) is 0 Å². The van der Waals surface area contributed by atoms with Crippen LogP contribution in [0.5, 0.6) is 0 Å². The summed E-state index contributed by atoms with van der Waals surface area (Å²) in [5.74, 6) is 0.963. The van der Waals surface area contributed by atoms with Crippen LogP contribution in [-0.2, 0) is 4.79 Å². The summed E-state index contributed by atoms with van der Waals surface area (Å²) < 4.78 is 0. The molecule has 0 aromatic heterocycles. The normalized spacial score (nSPS) is 26.1. The summed E-state index contributed by atoms with van der Waals surface area (Å²) in [7, 11) is 2.16. The van der Waals surface area contributed by atoms with Crippen molar-refractivity contribution in [3.63, 3.8) is 0 Å². The summed E-state index contributed by atoms with van der Waals surface area (Å²) >= 11 is 0. The number of carbonyl (C=O) groups excluding carboxylic acids is 1. The van der Waals surface area contributed by atoms with Crippen LogP contribution in [0.3, 0.4) is 0 Å². The number of hydrogen-bond acceptors (Lipinski definition) is 3. The SMILES string of the molecule is CCC(C)N(C)CCN1C(=O)C2(CC2)NC1CC(C)C. The van der Waals surface area contributed by atoms with Crippen LogP contribution in [0.25, 0.3) is 0 Å². The van der Waals surface area contributed by atoms with Crippen LogP contribution in [0.1, 0.15) is 53.4 Å². The zero-order chi connectivity index (χ0) is 14.9. The van der Waals surface area contributed by atoms with Crippen molar-refractivity contribution in [2.75, 3.05) is 20.1 Å². The van der Waals surface area contributed by atoms with Gasteiger partial charge in [0.05, 0.1) is 11.7 Å². The van der Waals surface area contributed by atoms with Gasteiger partial charge in [0, 0.05) is 19.1 Å². The molecule has 1 saturated heterocycles. The average molecular weight is 281 g/mol. The fourth-order valence-corrected chi connectivity index (χ4v) is 3.05. The Kier molecular flexibility index (Phi) is 4.75. The molecule has 2 atom stereocenters. The largest absolute Gasteiger partial charge is 0.324 e. The van der Waals surface area contributed by atoms with E-state index in [9.17, 15) is 4.79 Å². The van der Waals surface area contributed by atoms with Crippen molar-refractivity contribution in [1.82, 2.24) is 15.1 Å². The first kappa shape index (κ1) is 15.8. The smallest absolute Gasteiger partial charge is 0.244 e. The topological polar surface area (TPSA) is 35.6 Å². The number of nitrogens with zero attached hydrogens (tertiary/aromatic N) is 2. The van der Waals surface area contributed by atoms with Gasteiger partial charge in [-0.05, 0) is 45.6 Å². The fourth-order valence-electron chi connectivity index (χ4n) is 3.05. The highest BCUT2D eigenvalue weighted by Crippen LogP contribution is 2.42. The summed E-state index contributed by atoms with van der Waals surface area (Å²) in [5.41, 5.74) is -0.172. The molecule has 20 heavy (non-hydrogen) atoms. The summed E-state index contributed by atoms with van der Waals surface area (Å²) in [6.45, 7) is 10.7. The highest BCUT2D eigenvalue weighted by molar-refractivity contribution is 5.91. The molecule has 1 heterocycles. The van der Waals surface area contributed by atoms with Crippen molar-refractivity contribution in [2.45, 2.75) is 71.1 Å². The summed E-state index contributed by atoms with van der Waals surface area (Å²) in [6, 6.07) is 0.582. The third-order valence-electron chi connectivity index (χ3n) is 4.97. The Morgan fingerprint density at radius 3 is 2.55 bits per heavy atom. The van der Waals surface area contributed by atoms with Gasteiger partial charge in [0.15, 0.2) is 0 Å². The van der Waals surface area contributed by atoms with Gasteiger partial charge in [-0.3, -0.25) is 10.1 Å². The Bertz CT molecular complexity index is 352. The lowest BCUT2D eigenvalue weighted by atomic mass is 10.1. The van der Waals surface area contributed by atoms with E-state index in [2.05, 4.69) is 49.9 Å². The lowest BCUT2D eigenvalue weighted by Crippen LogP contribution is -2.43.